The first-order chi connectivity index (χ1) is 11.6. The molecular weight excluding hydrogens is 352 g/mol. The summed E-state index contributed by atoms with van der Waals surface area (Å²) in [5.74, 6) is 0. The minimum Gasteiger partial charge on any atom is -0.351 e. The molecule has 0 N–H and O–H groups in total. The molecule has 146 valence electrons. The third-order valence-electron chi connectivity index (χ3n) is 2.57. The van der Waals surface area contributed by atoms with E-state index in [0.29, 0.717) is 39.6 Å². The fourth-order valence-corrected chi connectivity index (χ4v) is 5.68. The summed E-state index contributed by atoms with van der Waals surface area (Å²) in [6.07, 6.45) is 0. The molecule has 0 saturated carbocycles. The van der Waals surface area contributed by atoms with Crippen LogP contribution < -0.4 is 0 Å². The summed E-state index contributed by atoms with van der Waals surface area (Å²) in [7, 11) is -6.27. The van der Waals surface area contributed by atoms with Crippen LogP contribution in [0.2, 0.25) is 0 Å². The van der Waals surface area contributed by atoms with E-state index < -0.39 is 18.1 Å². The Balaban J connectivity index is 4.64. The fraction of sp³-hybridized carbons (Fsp3) is 1.00. The van der Waals surface area contributed by atoms with E-state index in [1.54, 1.807) is 0 Å². The maximum atomic E-state index is 5.78. The predicted octanol–water partition coefficient (Wildman–Crippen LogP) is 2.11. The van der Waals surface area contributed by atoms with Gasteiger partial charge in [0.25, 0.3) is 0 Å². The molecular formula is C14H34O8Si2. The molecule has 10 heteroatoms. The summed E-state index contributed by atoms with van der Waals surface area (Å²) < 4.78 is 45.3. The highest BCUT2D eigenvalue weighted by molar-refractivity contribution is 6.54. The first-order valence-corrected chi connectivity index (χ1v) is 12.0. The van der Waals surface area contributed by atoms with E-state index in [9.17, 15) is 0 Å². The fourth-order valence-electron chi connectivity index (χ4n) is 1.89. The van der Waals surface area contributed by atoms with E-state index in [1.165, 1.54) is 0 Å². The van der Waals surface area contributed by atoms with Gasteiger partial charge in [-0.1, -0.05) is 0 Å². The summed E-state index contributed by atoms with van der Waals surface area (Å²) in [4.78, 5) is 0. The van der Waals surface area contributed by atoms with Crippen LogP contribution in [-0.4, -0.2) is 71.0 Å². The molecule has 0 aromatic rings. The zero-order valence-corrected chi connectivity index (χ0v) is 17.9. The third kappa shape index (κ3) is 8.99. The lowest BCUT2D eigenvalue weighted by molar-refractivity contribution is -0.0564. The maximum Gasteiger partial charge on any atom is 0.679 e. The van der Waals surface area contributed by atoms with Gasteiger partial charge in [-0.3, -0.25) is 0 Å². The molecule has 0 saturated heterocycles. The lowest BCUT2D eigenvalue weighted by Gasteiger charge is -2.29. The van der Waals surface area contributed by atoms with Crippen molar-refractivity contribution in [3.63, 3.8) is 0 Å². The van der Waals surface area contributed by atoms with Crippen LogP contribution in [-0.2, 0) is 35.4 Å². The van der Waals surface area contributed by atoms with Gasteiger partial charge in [-0.05, 0) is 41.5 Å². The molecule has 0 fully saturated rings. The van der Waals surface area contributed by atoms with Crippen LogP contribution in [0.15, 0.2) is 0 Å². The average Bonchev–Trinajstić information content (AvgIpc) is 2.53. The van der Waals surface area contributed by atoms with E-state index in [-0.39, 0.29) is 13.2 Å². The Hall–Kier alpha value is 0.114. The molecule has 0 rings (SSSR count). The van der Waals surface area contributed by atoms with Gasteiger partial charge in [0.1, 0.15) is 0 Å². The van der Waals surface area contributed by atoms with Gasteiger partial charge in [0.05, 0.1) is 13.2 Å². The minimum absolute atomic E-state index is 0.230. The van der Waals surface area contributed by atoms with Crippen molar-refractivity contribution >= 4 is 18.1 Å². The average molecular weight is 387 g/mol. The summed E-state index contributed by atoms with van der Waals surface area (Å²) in [6.45, 7) is 14.4. The van der Waals surface area contributed by atoms with Crippen LogP contribution in [0.1, 0.15) is 41.5 Å². The van der Waals surface area contributed by atoms with Gasteiger partial charge in [-0.15, -0.1) is 0 Å². The van der Waals surface area contributed by atoms with Gasteiger partial charge >= 0.3 is 18.1 Å². The van der Waals surface area contributed by atoms with Crippen LogP contribution in [0.4, 0.5) is 0 Å². The van der Waals surface area contributed by atoms with Crippen LogP contribution in [0.5, 0.6) is 0 Å². The first kappa shape index (κ1) is 24.1. The maximum absolute atomic E-state index is 5.78. The van der Waals surface area contributed by atoms with Gasteiger partial charge in [0, 0.05) is 39.6 Å². The molecule has 0 aliphatic heterocycles. The molecule has 0 atom stereocenters. The molecule has 0 heterocycles. The monoisotopic (exact) mass is 386 g/mol. The standard InChI is InChI=1S/C14H34O8Si2/c1-7-15-23(16-8-2,17-9-3)21-13-14-22-24(18-10-4,19-11-5)20-12-6/h7-14H2,1-6H3. The SMILES string of the molecule is CCO[Si](OCC)(OCC)OCCO[Si](OCC)(OCC)OCC. The van der Waals surface area contributed by atoms with E-state index in [1.807, 2.05) is 41.5 Å². The molecule has 0 unspecified atom stereocenters. The second-order valence-electron chi connectivity index (χ2n) is 4.29. The van der Waals surface area contributed by atoms with Gasteiger partial charge < -0.3 is 35.4 Å². The van der Waals surface area contributed by atoms with Crippen molar-refractivity contribution < 1.29 is 35.4 Å². The summed E-state index contributed by atoms with van der Waals surface area (Å²) in [5, 5.41) is 0. The van der Waals surface area contributed by atoms with Crippen molar-refractivity contribution in [3.8, 4) is 0 Å². The molecule has 0 amide bonds. The Kier molecular flexibility index (Phi) is 14.4. The highest BCUT2D eigenvalue weighted by Crippen LogP contribution is 2.14. The van der Waals surface area contributed by atoms with Crippen molar-refractivity contribution in [1.82, 2.24) is 0 Å². The topological polar surface area (TPSA) is 73.8 Å². The van der Waals surface area contributed by atoms with Crippen molar-refractivity contribution in [2.24, 2.45) is 0 Å². The predicted molar refractivity (Wildman–Crippen MR) is 93.2 cm³/mol. The molecule has 0 spiro atoms. The van der Waals surface area contributed by atoms with Crippen LogP contribution in [0.25, 0.3) is 0 Å². The van der Waals surface area contributed by atoms with Crippen molar-refractivity contribution in [3.05, 3.63) is 0 Å². The Morgan fingerprint density at radius 3 is 0.750 bits per heavy atom. The van der Waals surface area contributed by atoms with Crippen molar-refractivity contribution in [2.75, 3.05) is 52.9 Å². The van der Waals surface area contributed by atoms with Crippen LogP contribution >= 0.6 is 0 Å². The minimum atomic E-state index is -3.13. The van der Waals surface area contributed by atoms with E-state index in [2.05, 4.69) is 0 Å². The second kappa shape index (κ2) is 14.3. The second-order valence-corrected chi connectivity index (χ2v) is 8.60. The third-order valence-corrected chi connectivity index (χ3v) is 7.54. The summed E-state index contributed by atoms with van der Waals surface area (Å²) in [5.41, 5.74) is 0. The number of rotatable bonds is 17. The van der Waals surface area contributed by atoms with E-state index in [4.69, 9.17) is 35.4 Å². The van der Waals surface area contributed by atoms with Crippen molar-refractivity contribution in [2.45, 2.75) is 41.5 Å². The van der Waals surface area contributed by atoms with Gasteiger partial charge in [-0.25, -0.2) is 0 Å². The summed E-state index contributed by atoms with van der Waals surface area (Å²) in [6, 6.07) is 0. The lowest BCUT2D eigenvalue weighted by Crippen LogP contribution is -2.52. The molecule has 8 nitrogen and oxygen atoms in total. The Bertz CT molecular complexity index is 234. The molecule has 0 bridgehead atoms. The molecule has 24 heavy (non-hydrogen) atoms. The van der Waals surface area contributed by atoms with Gasteiger partial charge in [0.2, 0.25) is 0 Å². The van der Waals surface area contributed by atoms with Gasteiger partial charge in [-0.2, -0.15) is 0 Å². The largest absolute Gasteiger partial charge is 0.679 e. The first-order valence-electron chi connectivity index (χ1n) is 8.69. The zero-order valence-electron chi connectivity index (χ0n) is 15.9. The summed E-state index contributed by atoms with van der Waals surface area (Å²) >= 11 is 0. The number of hydrogen-bond acceptors (Lipinski definition) is 8. The van der Waals surface area contributed by atoms with Crippen LogP contribution in [0.3, 0.4) is 0 Å². The van der Waals surface area contributed by atoms with Crippen molar-refractivity contribution in [1.29, 1.82) is 0 Å². The molecule has 0 aliphatic rings. The smallest absolute Gasteiger partial charge is 0.351 e. The molecule has 0 aromatic carbocycles. The zero-order chi connectivity index (χ0) is 18.3. The lowest BCUT2D eigenvalue weighted by atomic mass is 10.8. The Morgan fingerprint density at radius 1 is 0.375 bits per heavy atom. The molecule has 0 aromatic heterocycles. The molecule has 0 aliphatic carbocycles. The Morgan fingerprint density at radius 2 is 0.583 bits per heavy atom. The van der Waals surface area contributed by atoms with E-state index >= 15 is 0 Å². The van der Waals surface area contributed by atoms with Crippen LogP contribution in [0, 0.1) is 0 Å². The molecule has 0 radical (unpaired) electrons. The highest BCUT2D eigenvalue weighted by atomic mass is 28.4. The normalized spacial score (nSPS) is 12.8. The number of hydrogen-bond donors (Lipinski definition) is 0. The quantitative estimate of drug-likeness (QED) is 0.278. The van der Waals surface area contributed by atoms with E-state index in [0.717, 1.165) is 0 Å². The highest BCUT2D eigenvalue weighted by Gasteiger charge is 2.47. The van der Waals surface area contributed by atoms with Gasteiger partial charge in [0.15, 0.2) is 0 Å². The Labute approximate surface area is 148 Å².